The zero-order chi connectivity index (χ0) is 21.1. The first-order valence-corrected chi connectivity index (χ1v) is 12.7. The summed E-state index contributed by atoms with van der Waals surface area (Å²) in [7, 11) is 0. The van der Waals surface area contributed by atoms with Crippen molar-refractivity contribution in [3.63, 3.8) is 0 Å². The van der Waals surface area contributed by atoms with E-state index in [-0.39, 0.29) is 22.3 Å². The van der Waals surface area contributed by atoms with E-state index in [9.17, 15) is 4.79 Å². The fourth-order valence-corrected chi connectivity index (χ4v) is 8.35. The maximum atomic E-state index is 14.1. The van der Waals surface area contributed by atoms with Crippen LogP contribution < -0.4 is 5.73 Å². The molecule has 0 aromatic heterocycles. The summed E-state index contributed by atoms with van der Waals surface area (Å²) in [6.45, 7) is 8.33. The minimum atomic E-state index is -0.190. The van der Waals surface area contributed by atoms with Gasteiger partial charge in [0, 0.05) is 37.0 Å². The summed E-state index contributed by atoms with van der Waals surface area (Å²) in [4.78, 5) is 16.3. The lowest BCUT2D eigenvalue weighted by molar-refractivity contribution is -0.164. The van der Waals surface area contributed by atoms with Crippen LogP contribution in [0.25, 0.3) is 0 Å². The lowest BCUT2D eigenvalue weighted by atomic mass is 9.47. The van der Waals surface area contributed by atoms with Gasteiger partial charge in [0.05, 0.1) is 5.41 Å². The Labute approximate surface area is 186 Å². The maximum Gasteiger partial charge on any atom is 0.228 e. The molecule has 3 aliphatic heterocycles. The number of nitrogens with two attached hydrogens (primary N) is 1. The van der Waals surface area contributed by atoms with Crippen molar-refractivity contribution in [3.05, 3.63) is 35.9 Å². The van der Waals surface area contributed by atoms with Gasteiger partial charge in [-0.1, -0.05) is 63.1 Å². The van der Waals surface area contributed by atoms with Gasteiger partial charge >= 0.3 is 0 Å². The number of piperidine rings is 3. The molecular weight excluding hydrogens is 390 g/mol. The monoisotopic (exact) mass is 427 g/mol. The Balaban J connectivity index is 1.49. The van der Waals surface area contributed by atoms with Crippen molar-refractivity contribution in [1.29, 1.82) is 0 Å². The van der Waals surface area contributed by atoms with Crippen molar-refractivity contribution in [2.45, 2.75) is 82.8 Å². The van der Waals surface area contributed by atoms with Crippen LogP contribution in [-0.2, 0) is 10.2 Å². The van der Waals surface area contributed by atoms with Crippen LogP contribution in [0.15, 0.2) is 30.3 Å². The molecule has 2 unspecified atom stereocenters. The van der Waals surface area contributed by atoms with Crippen LogP contribution >= 0.6 is 11.9 Å². The molecular formula is C25H37N3OS. The number of amides is 1. The van der Waals surface area contributed by atoms with Crippen LogP contribution in [0.5, 0.6) is 0 Å². The smallest absolute Gasteiger partial charge is 0.228 e. The van der Waals surface area contributed by atoms with Crippen molar-refractivity contribution >= 4 is 17.9 Å². The van der Waals surface area contributed by atoms with E-state index in [0.29, 0.717) is 18.0 Å². The molecule has 164 valence electrons. The number of hydrogen-bond acceptors (Lipinski definition) is 4. The Kier molecular flexibility index (Phi) is 5.03. The normalized spacial score (nSPS) is 40.0. The molecule has 2 aliphatic carbocycles. The number of carbonyl (C=O) groups is 1. The van der Waals surface area contributed by atoms with E-state index < -0.39 is 0 Å². The standard InChI is InChI=1S/C25H37N3OS/c1-4-30-28-19-12-24(18-8-6-5-7-9-18)13-20(28)15-25(14-19,16-24)22(29)27-11-10-21(26)23(2,3)17-27/h5-9,19-21H,4,10-17,26H2,1-3H3/t19?,20?,21-,24?,25?/m0/s1. The molecule has 5 fully saturated rings. The van der Waals surface area contributed by atoms with Gasteiger partial charge in [0.1, 0.15) is 0 Å². The first kappa shape index (κ1) is 20.8. The topological polar surface area (TPSA) is 49.6 Å². The average Bonchev–Trinajstić information content (AvgIpc) is 2.72. The zero-order valence-corrected chi connectivity index (χ0v) is 19.6. The number of carbonyl (C=O) groups excluding carboxylic acids is 1. The van der Waals surface area contributed by atoms with Gasteiger partial charge in [0.15, 0.2) is 0 Å². The van der Waals surface area contributed by atoms with Gasteiger partial charge in [-0.15, -0.1) is 0 Å². The van der Waals surface area contributed by atoms with Crippen molar-refractivity contribution in [2.75, 3.05) is 18.8 Å². The second kappa shape index (κ2) is 7.25. The first-order chi connectivity index (χ1) is 14.3. The number of likely N-dealkylation sites (tertiary alicyclic amines) is 1. The van der Waals surface area contributed by atoms with Gasteiger partial charge in [-0.25, -0.2) is 4.31 Å². The van der Waals surface area contributed by atoms with Crippen LogP contribution in [0.4, 0.5) is 0 Å². The maximum absolute atomic E-state index is 14.1. The molecule has 0 spiro atoms. The van der Waals surface area contributed by atoms with Gasteiger partial charge in [-0.05, 0) is 54.9 Å². The molecule has 1 aromatic rings. The number of rotatable bonds is 4. The predicted octanol–water partition coefficient (Wildman–Crippen LogP) is 4.20. The molecule has 6 rings (SSSR count). The summed E-state index contributed by atoms with van der Waals surface area (Å²) in [5.41, 5.74) is 7.81. The summed E-state index contributed by atoms with van der Waals surface area (Å²) in [6.07, 6.45) is 6.42. The van der Waals surface area contributed by atoms with Crippen LogP contribution in [-0.4, -0.2) is 52.1 Å². The molecule has 3 saturated heterocycles. The minimum absolute atomic E-state index is 0.00256. The van der Waals surface area contributed by atoms with E-state index in [0.717, 1.165) is 44.5 Å². The van der Waals surface area contributed by atoms with E-state index in [1.807, 2.05) is 11.9 Å². The summed E-state index contributed by atoms with van der Waals surface area (Å²) >= 11 is 2.00. The van der Waals surface area contributed by atoms with Crippen molar-refractivity contribution in [2.24, 2.45) is 16.6 Å². The highest BCUT2D eigenvalue weighted by molar-refractivity contribution is 7.97. The lowest BCUT2D eigenvalue weighted by Gasteiger charge is -2.65. The quantitative estimate of drug-likeness (QED) is 0.732. The molecule has 2 N–H and O–H groups in total. The third kappa shape index (κ3) is 3.15. The molecule has 5 heteroatoms. The minimum Gasteiger partial charge on any atom is -0.342 e. The van der Waals surface area contributed by atoms with E-state index in [2.05, 4.69) is 60.3 Å². The van der Waals surface area contributed by atoms with Crippen molar-refractivity contribution in [3.8, 4) is 0 Å². The third-order valence-corrected chi connectivity index (χ3v) is 9.77. The Hall–Kier alpha value is -1.04. The molecule has 1 amide bonds. The number of benzene rings is 1. The predicted molar refractivity (Wildman–Crippen MR) is 124 cm³/mol. The van der Waals surface area contributed by atoms with Gasteiger partial charge in [0.25, 0.3) is 0 Å². The van der Waals surface area contributed by atoms with Crippen LogP contribution in [0.3, 0.4) is 0 Å². The highest BCUT2D eigenvalue weighted by Crippen LogP contribution is 2.64. The molecule has 4 bridgehead atoms. The second-order valence-corrected chi connectivity index (χ2v) is 12.4. The molecule has 3 atom stereocenters. The molecule has 4 nitrogen and oxygen atoms in total. The Morgan fingerprint density at radius 2 is 1.80 bits per heavy atom. The van der Waals surface area contributed by atoms with Gasteiger partial charge < -0.3 is 10.6 Å². The van der Waals surface area contributed by atoms with Crippen molar-refractivity contribution in [1.82, 2.24) is 9.21 Å². The van der Waals surface area contributed by atoms with Gasteiger partial charge in [-0.3, -0.25) is 4.79 Å². The lowest BCUT2D eigenvalue weighted by Crippen LogP contribution is -2.69. The SMILES string of the molecule is CCSN1C2CC3(C(=O)N4CC[C@H](N)C(C)(C)C4)CC1CC(c1ccccc1)(C2)C3. The molecule has 0 radical (unpaired) electrons. The average molecular weight is 428 g/mol. The zero-order valence-electron chi connectivity index (χ0n) is 18.8. The Morgan fingerprint density at radius 1 is 1.13 bits per heavy atom. The summed E-state index contributed by atoms with van der Waals surface area (Å²) in [5, 5.41) is 0. The molecule has 3 heterocycles. The fourth-order valence-electron chi connectivity index (χ4n) is 7.33. The highest BCUT2D eigenvalue weighted by atomic mass is 32.2. The summed E-state index contributed by atoms with van der Waals surface area (Å²) in [5.74, 6) is 1.54. The van der Waals surface area contributed by atoms with E-state index in [1.165, 1.54) is 18.4 Å². The Bertz CT molecular complexity index is 794. The largest absolute Gasteiger partial charge is 0.342 e. The van der Waals surface area contributed by atoms with Gasteiger partial charge in [-0.2, -0.15) is 0 Å². The summed E-state index contributed by atoms with van der Waals surface area (Å²) < 4.78 is 2.68. The molecule has 5 aliphatic rings. The first-order valence-electron chi connectivity index (χ1n) is 11.8. The van der Waals surface area contributed by atoms with Gasteiger partial charge in [0.2, 0.25) is 5.91 Å². The Morgan fingerprint density at radius 3 is 2.40 bits per heavy atom. The second-order valence-electron chi connectivity index (χ2n) is 11.1. The molecule has 1 aromatic carbocycles. The number of hydrogen-bond donors (Lipinski definition) is 1. The number of nitrogens with zero attached hydrogens (tertiary/aromatic N) is 2. The fraction of sp³-hybridized carbons (Fsp3) is 0.720. The van der Waals surface area contributed by atoms with E-state index in [1.54, 1.807) is 0 Å². The van der Waals surface area contributed by atoms with Crippen molar-refractivity contribution < 1.29 is 4.79 Å². The highest BCUT2D eigenvalue weighted by Gasteiger charge is 2.64. The molecule has 30 heavy (non-hydrogen) atoms. The van der Waals surface area contributed by atoms with E-state index >= 15 is 0 Å². The van der Waals surface area contributed by atoms with Crippen LogP contribution in [0.2, 0.25) is 0 Å². The van der Waals surface area contributed by atoms with E-state index in [4.69, 9.17) is 5.73 Å². The van der Waals surface area contributed by atoms with Crippen LogP contribution in [0.1, 0.15) is 64.9 Å². The molecule has 2 saturated carbocycles. The summed E-state index contributed by atoms with van der Waals surface area (Å²) in [6, 6.07) is 12.3. The third-order valence-electron chi connectivity index (χ3n) is 8.62. The van der Waals surface area contributed by atoms with Crippen LogP contribution in [0, 0.1) is 10.8 Å².